The van der Waals surface area contributed by atoms with Gasteiger partial charge in [0, 0.05) is 19.4 Å². The summed E-state index contributed by atoms with van der Waals surface area (Å²) < 4.78 is 35.1. The van der Waals surface area contributed by atoms with Crippen LogP contribution in [0.15, 0.2) is 58.9 Å². The summed E-state index contributed by atoms with van der Waals surface area (Å²) in [6.45, 7) is 10.7. The first-order chi connectivity index (χ1) is 23.1. The molecule has 0 bridgehead atoms. The van der Waals surface area contributed by atoms with Crippen LogP contribution in [0.3, 0.4) is 0 Å². The number of likely N-dealkylation sites (tertiary alicyclic amines) is 1. The zero-order valence-electron chi connectivity index (χ0n) is 28.8. The van der Waals surface area contributed by atoms with E-state index in [1.54, 1.807) is 49.8 Å². The Bertz CT molecular complexity index is 1700. The highest BCUT2D eigenvalue weighted by atomic mass is 32.2. The number of amides is 3. The van der Waals surface area contributed by atoms with E-state index < -0.39 is 51.4 Å². The van der Waals surface area contributed by atoms with Gasteiger partial charge in [-0.3, -0.25) is 18.6 Å². The van der Waals surface area contributed by atoms with E-state index in [0.717, 1.165) is 27.3 Å². The standard InChI is InChI=1S/C35H46N4O8S2/c1-22-7-13-28(14-8-22)49(44,45)47-18-17-46-16-15-30(41)38-32(35(4,5)6)34(43)39-20-27(40)19-29(39)33(42)37-23(2)25-9-11-26(12-10-25)31-24(3)36-21-48-31/h7-14,21,23,27,29,32,40H,15-20H2,1-6H3,(H,37,42)(H,38,41)/t23-,27+,29-,32+/m0/s1. The molecule has 0 saturated carbocycles. The molecule has 1 aliphatic rings. The number of hydrogen-bond donors (Lipinski definition) is 3. The highest BCUT2D eigenvalue weighted by Crippen LogP contribution is 2.29. The topological polar surface area (TPSA) is 164 Å². The van der Waals surface area contributed by atoms with Gasteiger partial charge in [0.15, 0.2) is 0 Å². The zero-order chi connectivity index (χ0) is 35.9. The van der Waals surface area contributed by atoms with E-state index >= 15 is 0 Å². The number of rotatable bonds is 14. The van der Waals surface area contributed by atoms with Crippen LogP contribution >= 0.6 is 11.3 Å². The van der Waals surface area contributed by atoms with Crippen molar-refractivity contribution in [1.82, 2.24) is 20.5 Å². The Kier molecular flexibility index (Phi) is 12.7. The van der Waals surface area contributed by atoms with E-state index in [-0.39, 0.29) is 50.1 Å². The number of β-amino-alcohol motifs (C(OH)–C–C–N with tert-alkyl or cyclic N) is 1. The number of aliphatic hydroxyl groups is 1. The van der Waals surface area contributed by atoms with Crippen LogP contribution in [0.1, 0.15) is 63.4 Å². The second kappa shape index (κ2) is 16.3. The maximum absolute atomic E-state index is 13.9. The highest BCUT2D eigenvalue weighted by molar-refractivity contribution is 7.86. The fourth-order valence-corrected chi connectivity index (χ4v) is 7.20. The number of nitrogens with one attached hydrogen (secondary N) is 2. The molecule has 12 nitrogen and oxygen atoms in total. The molecule has 0 spiro atoms. The van der Waals surface area contributed by atoms with Gasteiger partial charge in [-0.1, -0.05) is 62.7 Å². The van der Waals surface area contributed by atoms with E-state index in [1.165, 1.54) is 17.0 Å². The van der Waals surface area contributed by atoms with Crippen LogP contribution in [-0.4, -0.2) is 85.7 Å². The molecule has 49 heavy (non-hydrogen) atoms. The fourth-order valence-electron chi connectivity index (χ4n) is 5.49. The lowest BCUT2D eigenvalue weighted by atomic mass is 9.85. The average Bonchev–Trinajstić information content (AvgIpc) is 3.66. The molecule has 266 valence electrons. The molecule has 2 aromatic carbocycles. The van der Waals surface area contributed by atoms with Crippen LogP contribution in [0.25, 0.3) is 10.4 Å². The van der Waals surface area contributed by atoms with Gasteiger partial charge in [-0.2, -0.15) is 8.42 Å². The summed E-state index contributed by atoms with van der Waals surface area (Å²) >= 11 is 1.56. The number of benzene rings is 2. The van der Waals surface area contributed by atoms with E-state index in [4.69, 9.17) is 8.92 Å². The van der Waals surface area contributed by atoms with Gasteiger partial charge in [-0.05, 0) is 49.4 Å². The molecular formula is C35H46N4O8S2. The van der Waals surface area contributed by atoms with Crippen molar-refractivity contribution in [1.29, 1.82) is 0 Å². The second-order valence-electron chi connectivity index (χ2n) is 13.3. The Morgan fingerprint density at radius 1 is 1.02 bits per heavy atom. The third-order valence-electron chi connectivity index (χ3n) is 8.31. The van der Waals surface area contributed by atoms with Crippen LogP contribution in [0, 0.1) is 19.3 Å². The number of ether oxygens (including phenoxy) is 1. The monoisotopic (exact) mass is 714 g/mol. The summed E-state index contributed by atoms with van der Waals surface area (Å²) in [6.07, 6.45) is -0.900. The smallest absolute Gasteiger partial charge is 0.297 e. The van der Waals surface area contributed by atoms with Crippen LogP contribution < -0.4 is 10.6 Å². The maximum atomic E-state index is 13.9. The molecular weight excluding hydrogens is 669 g/mol. The molecule has 4 atom stereocenters. The number of aryl methyl sites for hydroxylation is 2. The minimum absolute atomic E-state index is 0.0268. The van der Waals surface area contributed by atoms with Gasteiger partial charge in [0.25, 0.3) is 10.1 Å². The van der Waals surface area contributed by atoms with E-state index in [2.05, 4.69) is 15.6 Å². The summed E-state index contributed by atoms with van der Waals surface area (Å²) in [6, 6.07) is 11.9. The molecule has 1 aromatic heterocycles. The lowest BCUT2D eigenvalue weighted by Crippen LogP contribution is -2.58. The van der Waals surface area contributed by atoms with Gasteiger partial charge in [-0.25, -0.2) is 4.98 Å². The number of carbonyl (C=O) groups excluding carboxylic acids is 3. The van der Waals surface area contributed by atoms with Crippen molar-refractivity contribution in [3.63, 3.8) is 0 Å². The van der Waals surface area contributed by atoms with E-state index in [9.17, 15) is 27.9 Å². The average molecular weight is 715 g/mol. The van der Waals surface area contributed by atoms with Crippen LogP contribution in [0.4, 0.5) is 0 Å². The molecule has 14 heteroatoms. The quantitative estimate of drug-likeness (QED) is 0.166. The molecule has 1 aliphatic heterocycles. The Balaban J connectivity index is 1.29. The largest absolute Gasteiger partial charge is 0.391 e. The van der Waals surface area contributed by atoms with Crippen molar-refractivity contribution in [2.24, 2.45) is 5.41 Å². The van der Waals surface area contributed by atoms with Crippen LogP contribution in [0.2, 0.25) is 0 Å². The zero-order valence-corrected chi connectivity index (χ0v) is 30.4. The van der Waals surface area contributed by atoms with Gasteiger partial charge in [0.05, 0.1) is 52.9 Å². The summed E-state index contributed by atoms with van der Waals surface area (Å²) in [5.74, 6) is -1.31. The molecule has 1 fully saturated rings. The molecule has 3 N–H and O–H groups in total. The summed E-state index contributed by atoms with van der Waals surface area (Å²) in [4.78, 5) is 47.1. The molecule has 0 aliphatic carbocycles. The Hall–Kier alpha value is -3.69. The molecule has 1 saturated heterocycles. The Morgan fingerprint density at radius 3 is 2.31 bits per heavy atom. The maximum Gasteiger partial charge on any atom is 0.297 e. The van der Waals surface area contributed by atoms with Crippen molar-refractivity contribution < 1.29 is 36.8 Å². The van der Waals surface area contributed by atoms with E-state index in [1.807, 2.05) is 45.0 Å². The van der Waals surface area contributed by atoms with Crippen molar-refractivity contribution >= 4 is 39.2 Å². The molecule has 3 amide bonds. The first-order valence-corrected chi connectivity index (χ1v) is 18.5. The number of nitrogens with zero attached hydrogens (tertiary/aromatic N) is 2. The summed E-state index contributed by atoms with van der Waals surface area (Å²) in [7, 11) is -3.93. The minimum Gasteiger partial charge on any atom is -0.391 e. The van der Waals surface area contributed by atoms with Crippen LogP contribution in [-0.2, 0) is 33.4 Å². The SMILES string of the molecule is Cc1ccc(S(=O)(=O)OCCOCCC(=O)N[C@H](C(=O)N2C[C@H](O)C[C@H]2C(=O)N[C@@H](C)c2ccc(-c3scnc3C)cc2)C(C)(C)C)cc1. The molecule has 4 rings (SSSR count). The summed E-state index contributed by atoms with van der Waals surface area (Å²) in [5.41, 5.74) is 4.89. The third-order valence-corrected chi connectivity index (χ3v) is 10.6. The van der Waals surface area contributed by atoms with Gasteiger partial charge in [0.2, 0.25) is 17.7 Å². The predicted octanol–water partition coefficient (Wildman–Crippen LogP) is 3.91. The fraction of sp³-hybridized carbons (Fsp3) is 0.486. The Morgan fingerprint density at radius 2 is 1.69 bits per heavy atom. The first-order valence-electron chi connectivity index (χ1n) is 16.2. The molecule has 2 heterocycles. The van der Waals surface area contributed by atoms with Crippen molar-refractivity contribution in [2.45, 2.75) is 83.5 Å². The lowest BCUT2D eigenvalue weighted by Gasteiger charge is -2.35. The van der Waals surface area contributed by atoms with Gasteiger partial charge in [0.1, 0.15) is 12.1 Å². The van der Waals surface area contributed by atoms with Crippen molar-refractivity contribution in [3.8, 4) is 10.4 Å². The van der Waals surface area contributed by atoms with Crippen molar-refractivity contribution in [2.75, 3.05) is 26.4 Å². The summed E-state index contributed by atoms with van der Waals surface area (Å²) in [5, 5.41) is 16.3. The minimum atomic E-state index is -3.93. The number of hydrogen-bond acceptors (Lipinski definition) is 10. The van der Waals surface area contributed by atoms with Gasteiger partial charge in [-0.15, -0.1) is 11.3 Å². The second-order valence-corrected chi connectivity index (χ2v) is 15.8. The number of thiazole rings is 1. The van der Waals surface area contributed by atoms with Crippen LogP contribution in [0.5, 0.6) is 0 Å². The third kappa shape index (κ3) is 10.2. The molecule has 3 aromatic rings. The number of aliphatic hydroxyl groups excluding tert-OH is 1. The normalized spacial score (nSPS) is 17.8. The number of aromatic nitrogens is 1. The van der Waals surface area contributed by atoms with Crippen molar-refractivity contribution in [3.05, 3.63) is 70.9 Å². The van der Waals surface area contributed by atoms with E-state index in [0.29, 0.717) is 0 Å². The highest BCUT2D eigenvalue weighted by Gasteiger charge is 2.44. The molecule has 0 unspecified atom stereocenters. The number of carbonyl (C=O) groups is 3. The first kappa shape index (κ1) is 38.1. The molecule has 0 radical (unpaired) electrons. The van der Waals surface area contributed by atoms with Gasteiger partial charge < -0.3 is 25.4 Å². The van der Waals surface area contributed by atoms with Gasteiger partial charge >= 0.3 is 0 Å². The Labute approximate surface area is 292 Å². The lowest BCUT2D eigenvalue weighted by molar-refractivity contribution is -0.144. The predicted molar refractivity (Wildman–Crippen MR) is 186 cm³/mol.